The van der Waals surface area contributed by atoms with Gasteiger partial charge in [0.2, 0.25) is 0 Å². The van der Waals surface area contributed by atoms with Gasteiger partial charge in [0.25, 0.3) is 0 Å². The van der Waals surface area contributed by atoms with Crippen LogP contribution in [0.4, 0.5) is 0 Å². The third kappa shape index (κ3) is 4.14. The fraction of sp³-hybridized carbons (Fsp3) is 0.125. The van der Waals surface area contributed by atoms with Gasteiger partial charge in [0, 0.05) is 0 Å². The first-order valence-corrected chi connectivity index (χ1v) is 5.19. The van der Waals surface area contributed by atoms with Gasteiger partial charge in [0.05, 0.1) is 0 Å². The monoisotopic (exact) mass is 212 g/mol. The Kier molecular flexibility index (Phi) is 6.62. The fourth-order valence-electron chi connectivity index (χ4n) is 1.48. The molecule has 0 spiro atoms. The van der Waals surface area contributed by atoms with Crippen molar-refractivity contribution < 1.29 is 0 Å². The second-order valence-corrected chi connectivity index (χ2v) is 3.47. The van der Waals surface area contributed by atoms with Gasteiger partial charge in [-0.25, -0.2) is 0 Å². The molecule has 0 rings (SSSR count). The molecule has 0 heteroatoms. The molecule has 0 aliphatic heterocycles. The van der Waals surface area contributed by atoms with Crippen LogP contribution in [0.1, 0.15) is 13.8 Å². The first-order valence-electron chi connectivity index (χ1n) is 5.19. The van der Waals surface area contributed by atoms with Crippen LogP contribution in [0.2, 0.25) is 0 Å². The van der Waals surface area contributed by atoms with Gasteiger partial charge in [0.1, 0.15) is 0 Å². The average Bonchev–Trinajstić information content (AvgIpc) is 2.26. The molecule has 0 aromatic rings. The normalized spacial score (nSPS) is 13.2. The van der Waals surface area contributed by atoms with Crippen molar-refractivity contribution in [2.24, 2.45) is 0 Å². The van der Waals surface area contributed by atoms with E-state index < -0.39 is 0 Å². The molecule has 0 saturated carbocycles. The van der Waals surface area contributed by atoms with E-state index in [-0.39, 0.29) is 0 Å². The number of rotatable bonds is 6. The predicted octanol–water partition coefficient (Wildman–Crippen LogP) is 4.92. The van der Waals surface area contributed by atoms with Crippen molar-refractivity contribution in [3.05, 3.63) is 85.1 Å². The van der Waals surface area contributed by atoms with Crippen LogP contribution in [0.15, 0.2) is 85.1 Å². The number of hydrogen-bond acceptors (Lipinski definition) is 0. The Morgan fingerprint density at radius 2 is 1.62 bits per heavy atom. The molecule has 0 aliphatic rings. The molecule has 0 bridgehead atoms. The van der Waals surface area contributed by atoms with Crippen LogP contribution < -0.4 is 0 Å². The molecule has 0 nitrogen and oxygen atoms in total. The SMILES string of the molecule is C=C\C=C/C(C)=C(C(=C)C=C)/C(C)=C\C=C. The zero-order chi connectivity index (χ0) is 12.6. The van der Waals surface area contributed by atoms with Crippen molar-refractivity contribution in [1.82, 2.24) is 0 Å². The molecule has 0 N–H and O–H groups in total. The van der Waals surface area contributed by atoms with E-state index in [1.165, 1.54) is 0 Å². The number of hydrogen-bond donors (Lipinski definition) is 0. The summed E-state index contributed by atoms with van der Waals surface area (Å²) in [5, 5.41) is 0. The Morgan fingerprint density at radius 3 is 2.06 bits per heavy atom. The summed E-state index contributed by atoms with van der Waals surface area (Å²) in [5.41, 5.74) is 4.29. The van der Waals surface area contributed by atoms with Crippen LogP contribution in [-0.2, 0) is 0 Å². The van der Waals surface area contributed by atoms with E-state index in [0.29, 0.717) is 0 Å². The second kappa shape index (κ2) is 7.47. The van der Waals surface area contributed by atoms with Crippen LogP contribution in [-0.4, -0.2) is 0 Å². The maximum atomic E-state index is 4.00. The maximum Gasteiger partial charge on any atom is -0.0132 e. The Labute approximate surface area is 99.4 Å². The van der Waals surface area contributed by atoms with Gasteiger partial charge >= 0.3 is 0 Å². The molecule has 0 amide bonds. The summed E-state index contributed by atoms with van der Waals surface area (Å²) in [6.07, 6.45) is 11.2. The van der Waals surface area contributed by atoms with E-state index in [0.717, 1.165) is 22.3 Å². The summed E-state index contributed by atoms with van der Waals surface area (Å²) in [5.74, 6) is 0. The molecular weight excluding hydrogens is 192 g/mol. The zero-order valence-electron chi connectivity index (χ0n) is 10.3. The maximum absolute atomic E-state index is 4.00. The molecule has 0 radical (unpaired) electrons. The fourth-order valence-corrected chi connectivity index (χ4v) is 1.48. The minimum Gasteiger partial charge on any atom is -0.0991 e. The van der Waals surface area contributed by atoms with Crippen molar-refractivity contribution in [1.29, 1.82) is 0 Å². The Balaban J connectivity index is 5.55. The van der Waals surface area contributed by atoms with Crippen LogP contribution >= 0.6 is 0 Å². The zero-order valence-corrected chi connectivity index (χ0v) is 10.3. The Morgan fingerprint density at radius 1 is 1.00 bits per heavy atom. The lowest BCUT2D eigenvalue weighted by Gasteiger charge is -2.10. The Bertz CT molecular complexity index is 384. The van der Waals surface area contributed by atoms with E-state index in [1.54, 1.807) is 18.2 Å². The summed E-state index contributed by atoms with van der Waals surface area (Å²) >= 11 is 0. The van der Waals surface area contributed by atoms with Gasteiger partial charge in [0.15, 0.2) is 0 Å². The molecule has 16 heavy (non-hydrogen) atoms. The van der Waals surface area contributed by atoms with E-state index in [9.17, 15) is 0 Å². The molecule has 84 valence electrons. The minimum atomic E-state index is 0.918. The van der Waals surface area contributed by atoms with Gasteiger partial charge in [-0.15, -0.1) is 0 Å². The third-order valence-electron chi connectivity index (χ3n) is 2.21. The van der Waals surface area contributed by atoms with Crippen LogP contribution in [0, 0.1) is 0 Å². The van der Waals surface area contributed by atoms with Crippen molar-refractivity contribution in [3.8, 4) is 0 Å². The summed E-state index contributed by atoms with van der Waals surface area (Å²) in [4.78, 5) is 0. The quantitative estimate of drug-likeness (QED) is 0.548. The van der Waals surface area contributed by atoms with Gasteiger partial charge in [-0.1, -0.05) is 62.8 Å². The van der Waals surface area contributed by atoms with Crippen molar-refractivity contribution in [3.63, 3.8) is 0 Å². The van der Waals surface area contributed by atoms with E-state index >= 15 is 0 Å². The highest BCUT2D eigenvalue weighted by molar-refractivity contribution is 5.54. The summed E-state index contributed by atoms with van der Waals surface area (Å²) in [6.45, 7) is 19.2. The number of allylic oxidation sites excluding steroid dienone is 10. The highest BCUT2D eigenvalue weighted by Gasteiger charge is 2.04. The van der Waals surface area contributed by atoms with Gasteiger partial charge in [-0.2, -0.15) is 0 Å². The molecule has 0 heterocycles. The lowest BCUT2D eigenvalue weighted by atomic mass is 9.94. The molecule has 0 fully saturated rings. The highest BCUT2D eigenvalue weighted by Crippen LogP contribution is 2.23. The van der Waals surface area contributed by atoms with Crippen molar-refractivity contribution >= 4 is 0 Å². The summed E-state index contributed by atoms with van der Waals surface area (Å²) in [7, 11) is 0. The standard InChI is InChI=1S/C16H20/c1-7-10-12-15(6)16(13(4)9-3)14(5)11-8-2/h7-12H,1-4H2,5-6H3/b12-10-,14-11-,16-15+. The van der Waals surface area contributed by atoms with Crippen LogP contribution in [0.5, 0.6) is 0 Å². The molecule has 0 aromatic heterocycles. The molecule has 0 saturated heterocycles. The molecule has 0 aliphatic carbocycles. The van der Waals surface area contributed by atoms with Gasteiger partial charge in [-0.05, 0) is 36.1 Å². The molecule has 0 atom stereocenters. The second-order valence-electron chi connectivity index (χ2n) is 3.47. The lowest BCUT2D eigenvalue weighted by Crippen LogP contribution is -1.91. The smallest absolute Gasteiger partial charge is 0.0132 e. The first kappa shape index (κ1) is 14.2. The predicted molar refractivity (Wildman–Crippen MR) is 75.3 cm³/mol. The summed E-state index contributed by atoms with van der Waals surface area (Å²) < 4.78 is 0. The van der Waals surface area contributed by atoms with Crippen molar-refractivity contribution in [2.75, 3.05) is 0 Å². The average molecular weight is 212 g/mol. The highest BCUT2D eigenvalue weighted by atomic mass is 14.1. The molecule has 0 aromatic carbocycles. The first-order chi connectivity index (χ1) is 7.58. The van der Waals surface area contributed by atoms with Gasteiger partial charge in [-0.3, -0.25) is 0 Å². The lowest BCUT2D eigenvalue weighted by molar-refractivity contribution is 1.31. The Hall–Kier alpha value is -1.82. The van der Waals surface area contributed by atoms with Crippen LogP contribution in [0.25, 0.3) is 0 Å². The minimum absolute atomic E-state index is 0.918. The summed E-state index contributed by atoms with van der Waals surface area (Å²) in [6, 6.07) is 0. The van der Waals surface area contributed by atoms with E-state index in [1.807, 2.05) is 32.1 Å². The topological polar surface area (TPSA) is 0 Å². The molecular formula is C16H20. The third-order valence-corrected chi connectivity index (χ3v) is 2.21. The van der Waals surface area contributed by atoms with E-state index in [4.69, 9.17) is 0 Å². The van der Waals surface area contributed by atoms with Crippen LogP contribution in [0.3, 0.4) is 0 Å². The molecule has 0 unspecified atom stereocenters. The van der Waals surface area contributed by atoms with Gasteiger partial charge < -0.3 is 0 Å². The van der Waals surface area contributed by atoms with Crippen molar-refractivity contribution in [2.45, 2.75) is 13.8 Å². The van der Waals surface area contributed by atoms with E-state index in [2.05, 4.69) is 26.3 Å². The largest absolute Gasteiger partial charge is 0.0991 e.